The van der Waals surface area contributed by atoms with Crippen LogP contribution in [0, 0.1) is 0 Å². The molecule has 5 heteroatoms. The van der Waals surface area contributed by atoms with Gasteiger partial charge >= 0.3 is 0 Å². The zero-order chi connectivity index (χ0) is 18.4. The van der Waals surface area contributed by atoms with Gasteiger partial charge in [-0.15, -0.1) is 0 Å². The molecule has 1 aromatic carbocycles. The Morgan fingerprint density at radius 2 is 1.92 bits per heavy atom. The maximum Gasteiger partial charge on any atom is 0.194 e. The second-order valence-corrected chi connectivity index (χ2v) is 7.92. The molecule has 0 spiro atoms. The molecule has 2 aliphatic heterocycles. The Morgan fingerprint density at radius 3 is 2.62 bits per heavy atom. The van der Waals surface area contributed by atoms with Crippen LogP contribution in [0.1, 0.15) is 38.7 Å². The number of hydrogen-bond donors (Lipinski definition) is 1. The van der Waals surface area contributed by atoms with E-state index in [1.54, 1.807) is 0 Å². The van der Waals surface area contributed by atoms with Crippen LogP contribution in [-0.4, -0.2) is 73.8 Å². The minimum atomic E-state index is 0.0585. The fourth-order valence-corrected chi connectivity index (χ4v) is 3.91. The molecule has 2 saturated heterocycles. The molecule has 5 nitrogen and oxygen atoms in total. The van der Waals surface area contributed by atoms with Gasteiger partial charge in [0.25, 0.3) is 0 Å². The molecule has 1 atom stereocenters. The maximum absolute atomic E-state index is 5.50. The predicted molar refractivity (Wildman–Crippen MR) is 108 cm³/mol. The molecular weight excluding hydrogens is 324 g/mol. The van der Waals surface area contributed by atoms with Crippen molar-refractivity contribution >= 4 is 5.96 Å². The number of benzene rings is 1. The highest BCUT2D eigenvalue weighted by Crippen LogP contribution is 2.27. The quantitative estimate of drug-likeness (QED) is 0.649. The van der Waals surface area contributed by atoms with Gasteiger partial charge in [-0.25, -0.2) is 0 Å². The van der Waals surface area contributed by atoms with E-state index in [2.05, 4.69) is 66.2 Å². The summed E-state index contributed by atoms with van der Waals surface area (Å²) in [5.74, 6) is 1.67. The summed E-state index contributed by atoms with van der Waals surface area (Å²) >= 11 is 0. The van der Waals surface area contributed by atoms with E-state index in [1.807, 2.05) is 0 Å². The molecular formula is C21H34N4O. The van der Waals surface area contributed by atoms with Gasteiger partial charge in [-0.2, -0.15) is 0 Å². The average Bonchev–Trinajstić information content (AvgIpc) is 3.16. The summed E-state index contributed by atoms with van der Waals surface area (Å²) in [6, 6.07) is 10.9. The van der Waals surface area contributed by atoms with Crippen LogP contribution in [0.15, 0.2) is 35.3 Å². The lowest BCUT2D eigenvalue weighted by Crippen LogP contribution is -2.52. The topological polar surface area (TPSA) is 40.1 Å². The number of nitrogens with one attached hydrogen (secondary N) is 1. The summed E-state index contributed by atoms with van der Waals surface area (Å²) in [7, 11) is 0. The average molecular weight is 359 g/mol. The van der Waals surface area contributed by atoms with Gasteiger partial charge in [-0.05, 0) is 32.8 Å². The van der Waals surface area contributed by atoms with Gasteiger partial charge in [0.05, 0.1) is 19.8 Å². The molecule has 3 rings (SSSR count). The molecule has 144 valence electrons. The van der Waals surface area contributed by atoms with Gasteiger partial charge in [0.15, 0.2) is 5.96 Å². The molecule has 0 bridgehead atoms. The first-order valence-corrected chi connectivity index (χ1v) is 10.0. The predicted octanol–water partition coefficient (Wildman–Crippen LogP) is 2.55. The number of guanidine groups is 1. The maximum atomic E-state index is 5.50. The summed E-state index contributed by atoms with van der Waals surface area (Å²) < 4.78 is 5.50. The number of morpholine rings is 1. The van der Waals surface area contributed by atoms with E-state index in [0.29, 0.717) is 5.92 Å². The van der Waals surface area contributed by atoms with Crippen LogP contribution in [-0.2, 0) is 4.74 Å². The van der Waals surface area contributed by atoms with Crippen LogP contribution in [0.4, 0.5) is 0 Å². The van der Waals surface area contributed by atoms with Gasteiger partial charge < -0.3 is 15.0 Å². The van der Waals surface area contributed by atoms with E-state index in [9.17, 15) is 0 Å². The van der Waals surface area contributed by atoms with Crippen LogP contribution in [0.3, 0.4) is 0 Å². The molecule has 0 aliphatic carbocycles. The lowest BCUT2D eigenvalue weighted by atomic mass is 9.99. The molecule has 26 heavy (non-hydrogen) atoms. The van der Waals surface area contributed by atoms with Crippen molar-refractivity contribution < 1.29 is 4.74 Å². The van der Waals surface area contributed by atoms with Crippen molar-refractivity contribution in [2.75, 3.05) is 52.5 Å². The van der Waals surface area contributed by atoms with Crippen molar-refractivity contribution in [3.63, 3.8) is 0 Å². The van der Waals surface area contributed by atoms with Gasteiger partial charge in [0, 0.05) is 44.2 Å². The first-order chi connectivity index (χ1) is 12.6. The lowest BCUT2D eigenvalue weighted by Gasteiger charge is -2.40. The zero-order valence-electron chi connectivity index (χ0n) is 16.6. The Bertz CT molecular complexity index is 581. The van der Waals surface area contributed by atoms with Crippen molar-refractivity contribution in [2.24, 2.45) is 4.99 Å². The first kappa shape index (κ1) is 19.2. The van der Waals surface area contributed by atoms with Gasteiger partial charge in [-0.1, -0.05) is 30.3 Å². The zero-order valence-corrected chi connectivity index (χ0v) is 16.6. The summed E-state index contributed by atoms with van der Waals surface area (Å²) in [4.78, 5) is 9.95. The molecule has 2 aliphatic rings. The Hall–Kier alpha value is -1.59. The van der Waals surface area contributed by atoms with Crippen LogP contribution in [0.5, 0.6) is 0 Å². The van der Waals surface area contributed by atoms with Gasteiger partial charge in [0.1, 0.15) is 0 Å². The number of nitrogens with zero attached hydrogens (tertiary/aromatic N) is 3. The molecule has 0 radical (unpaired) electrons. The van der Waals surface area contributed by atoms with Gasteiger partial charge in [0.2, 0.25) is 0 Å². The van der Waals surface area contributed by atoms with E-state index < -0.39 is 0 Å². The van der Waals surface area contributed by atoms with E-state index >= 15 is 0 Å². The summed E-state index contributed by atoms with van der Waals surface area (Å²) in [6.45, 7) is 14.2. The molecule has 1 aromatic rings. The molecule has 1 unspecified atom stereocenters. The monoisotopic (exact) mass is 358 g/mol. The summed E-state index contributed by atoms with van der Waals surface area (Å²) in [6.07, 6.45) is 1.20. The van der Waals surface area contributed by atoms with Crippen LogP contribution in [0.25, 0.3) is 0 Å². The second kappa shape index (κ2) is 8.87. The normalized spacial score (nSPS) is 22.7. The smallest absolute Gasteiger partial charge is 0.194 e. The molecule has 0 aromatic heterocycles. The Labute approximate surface area is 158 Å². The summed E-state index contributed by atoms with van der Waals surface area (Å²) in [5, 5.41) is 3.50. The van der Waals surface area contributed by atoms with Crippen molar-refractivity contribution in [3.8, 4) is 0 Å². The third-order valence-electron chi connectivity index (χ3n) is 5.58. The third-order valence-corrected chi connectivity index (χ3v) is 5.58. The largest absolute Gasteiger partial charge is 0.379 e. The molecule has 0 amide bonds. The Balaban J connectivity index is 1.64. The fraction of sp³-hybridized carbons (Fsp3) is 0.667. The Kier molecular flexibility index (Phi) is 6.54. The highest BCUT2D eigenvalue weighted by Gasteiger charge is 2.30. The molecule has 0 saturated carbocycles. The number of likely N-dealkylation sites (tertiary alicyclic amines) is 1. The standard InChI is InChI=1S/C21H34N4O/c1-4-22-20(23-17-21(2,3)25-12-14-26-15-13-25)24-11-10-19(16-24)18-8-6-5-7-9-18/h5-9,19H,4,10-17H2,1-3H3,(H,22,23). The van der Waals surface area contributed by atoms with Gasteiger partial charge in [-0.3, -0.25) is 9.89 Å². The number of hydrogen-bond acceptors (Lipinski definition) is 3. The van der Waals surface area contributed by atoms with E-state index in [1.165, 1.54) is 12.0 Å². The minimum Gasteiger partial charge on any atom is -0.379 e. The second-order valence-electron chi connectivity index (χ2n) is 7.92. The highest BCUT2D eigenvalue weighted by molar-refractivity contribution is 5.80. The highest BCUT2D eigenvalue weighted by atomic mass is 16.5. The number of aliphatic imine (C=N–C) groups is 1. The van der Waals surface area contributed by atoms with Crippen LogP contribution < -0.4 is 5.32 Å². The SMILES string of the molecule is CCNC(=NCC(C)(C)N1CCOCC1)N1CCC(c2ccccc2)C1. The Morgan fingerprint density at radius 1 is 1.19 bits per heavy atom. The minimum absolute atomic E-state index is 0.0585. The van der Waals surface area contributed by atoms with Crippen LogP contribution in [0.2, 0.25) is 0 Å². The first-order valence-electron chi connectivity index (χ1n) is 10.0. The van der Waals surface area contributed by atoms with Crippen molar-refractivity contribution in [3.05, 3.63) is 35.9 Å². The molecule has 2 fully saturated rings. The fourth-order valence-electron chi connectivity index (χ4n) is 3.91. The van der Waals surface area contributed by atoms with E-state index in [0.717, 1.165) is 58.4 Å². The van der Waals surface area contributed by atoms with Crippen molar-refractivity contribution in [2.45, 2.75) is 38.6 Å². The van der Waals surface area contributed by atoms with E-state index in [-0.39, 0.29) is 5.54 Å². The third kappa shape index (κ3) is 4.77. The lowest BCUT2D eigenvalue weighted by molar-refractivity contribution is -0.00688. The summed E-state index contributed by atoms with van der Waals surface area (Å²) in [5.41, 5.74) is 1.50. The van der Waals surface area contributed by atoms with Crippen molar-refractivity contribution in [1.29, 1.82) is 0 Å². The number of ether oxygens (including phenoxy) is 1. The molecule has 2 heterocycles. The van der Waals surface area contributed by atoms with Crippen LogP contribution >= 0.6 is 0 Å². The molecule has 1 N–H and O–H groups in total. The van der Waals surface area contributed by atoms with E-state index in [4.69, 9.17) is 9.73 Å². The van der Waals surface area contributed by atoms with Crippen molar-refractivity contribution in [1.82, 2.24) is 15.1 Å². The number of rotatable bonds is 5.